The summed E-state index contributed by atoms with van der Waals surface area (Å²) >= 11 is 5.80. The summed E-state index contributed by atoms with van der Waals surface area (Å²) in [5.74, 6) is -0.142. The molecule has 0 aliphatic heterocycles. The first-order chi connectivity index (χ1) is 8.59. The number of amides is 1. The van der Waals surface area contributed by atoms with Gasteiger partial charge < -0.3 is 9.32 Å². The van der Waals surface area contributed by atoms with Crippen LogP contribution >= 0.6 is 11.6 Å². The molecule has 0 radical (unpaired) electrons. The molecular weight excluding hydrogens is 250 g/mol. The van der Waals surface area contributed by atoms with Gasteiger partial charge in [-0.25, -0.2) is 0 Å². The molecule has 0 aliphatic rings. The van der Waals surface area contributed by atoms with E-state index in [1.807, 2.05) is 31.2 Å². The number of halogens is 1. The number of benzene rings is 1. The minimum Gasteiger partial charge on any atom is -0.452 e. The quantitative estimate of drug-likeness (QED) is 0.849. The maximum absolute atomic E-state index is 12.1. The number of hydrogen-bond donors (Lipinski definition) is 0. The SMILES string of the molecule is Cc1ccccc1CN(C)C(=O)c1ccoc1Cl. The van der Waals surface area contributed by atoms with Crippen LogP contribution in [0.1, 0.15) is 21.5 Å². The van der Waals surface area contributed by atoms with Crippen LogP contribution in [0.3, 0.4) is 0 Å². The van der Waals surface area contributed by atoms with E-state index < -0.39 is 0 Å². The highest BCUT2D eigenvalue weighted by Crippen LogP contribution is 2.19. The molecule has 94 valence electrons. The van der Waals surface area contributed by atoms with Gasteiger partial charge in [-0.15, -0.1) is 0 Å². The van der Waals surface area contributed by atoms with Crippen LogP contribution in [0.15, 0.2) is 41.0 Å². The highest BCUT2D eigenvalue weighted by Gasteiger charge is 2.17. The molecule has 18 heavy (non-hydrogen) atoms. The standard InChI is InChI=1S/C14H14ClNO2/c1-10-5-3-4-6-11(10)9-16(2)14(17)12-7-8-18-13(12)15/h3-8H,9H2,1-2H3. The van der Waals surface area contributed by atoms with E-state index in [9.17, 15) is 4.79 Å². The highest BCUT2D eigenvalue weighted by atomic mass is 35.5. The maximum atomic E-state index is 12.1. The van der Waals surface area contributed by atoms with Gasteiger partial charge in [-0.3, -0.25) is 4.79 Å². The Balaban J connectivity index is 2.14. The zero-order valence-corrected chi connectivity index (χ0v) is 11.1. The largest absolute Gasteiger partial charge is 0.452 e. The molecule has 0 saturated heterocycles. The van der Waals surface area contributed by atoms with E-state index >= 15 is 0 Å². The Bertz CT molecular complexity index is 562. The predicted molar refractivity (Wildman–Crippen MR) is 70.7 cm³/mol. The first kappa shape index (κ1) is 12.7. The Kier molecular flexibility index (Phi) is 3.72. The lowest BCUT2D eigenvalue weighted by molar-refractivity contribution is 0.0784. The summed E-state index contributed by atoms with van der Waals surface area (Å²) in [7, 11) is 1.75. The average molecular weight is 264 g/mol. The third-order valence-electron chi connectivity index (χ3n) is 2.86. The predicted octanol–water partition coefficient (Wildman–Crippen LogP) is 3.51. The monoisotopic (exact) mass is 263 g/mol. The van der Waals surface area contributed by atoms with E-state index in [-0.39, 0.29) is 11.1 Å². The van der Waals surface area contributed by atoms with Crippen LogP contribution < -0.4 is 0 Å². The van der Waals surface area contributed by atoms with Crippen molar-refractivity contribution in [2.45, 2.75) is 13.5 Å². The molecule has 2 aromatic rings. The Labute approximate surface area is 111 Å². The van der Waals surface area contributed by atoms with Crippen LogP contribution in [0.5, 0.6) is 0 Å². The average Bonchev–Trinajstić information content (AvgIpc) is 2.77. The van der Waals surface area contributed by atoms with Crippen molar-refractivity contribution in [2.75, 3.05) is 7.05 Å². The van der Waals surface area contributed by atoms with Crippen LogP contribution in [-0.4, -0.2) is 17.9 Å². The molecule has 3 nitrogen and oxygen atoms in total. The van der Waals surface area contributed by atoms with Gasteiger partial charge in [-0.05, 0) is 35.7 Å². The second kappa shape index (κ2) is 5.27. The fourth-order valence-electron chi connectivity index (χ4n) is 1.77. The number of carbonyl (C=O) groups excluding carboxylic acids is 1. The third kappa shape index (κ3) is 2.57. The van der Waals surface area contributed by atoms with E-state index in [0.717, 1.165) is 11.1 Å². The molecule has 0 fully saturated rings. The normalized spacial score (nSPS) is 10.4. The Morgan fingerprint density at radius 2 is 2.06 bits per heavy atom. The minimum absolute atomic E-state index is 0.136. The second-order valence-electron chi connectivity index (χ2n) is 4.20. The smallest absolute Gasteiger partial charge is 0.258 e. The van der Waals surface area contributed by atoms with E-state index in [1.54, 1.807) is 18.0 Å². The second-order valence-corrected chi connectivity index (χ2v) is 4.54. The first-order valence-corrected chi connectivity index (χ1v) is 6.00. The summed E-state index contributed by atoms with van der Waals surface area (Å²) in [6, 6.07) is 9.56. The summed E-state index contributed by atoms with van der Waals surface area (Å²) in [4.78, 5) is 13.7. The number of furan rings is 1. The lowest BCUT2D eigenvalue weighted by atomic mass is 10.1. The van der Waals surface area contributed by atoms with Crippen molar-refractivity contribution in [1.82, 2.24) is 4.90 Å². The van der Waals surface area contributed by atoms with Gasteiger partial charge in [0, 0.05) is 13.6 Å². The Morgan fingerprint density at radius 1 is 1.33 bits per heavy atom. The first-order valence-electron chi connectivity index (χ1n) is 5.62. The molecule has 0 unspecified atom stereocenters. The lowest BCUT2D eigenvalue weighted by Gasteiger charge is -2.17. The number of nitrogens with zero attached hydrogens (tertiary/aromatic N) is 1. The molecule has 0 aliphatic carbocycles. The molecule has 4 heteroatoms. The molecule has 1 aromatic heterocycles. The summed E-state index contributed by atoms with van der Waals surface area (Å²) in [6.45, 7) is 2.57. The molecule has 0 spiro atoms. The van der Waals surface area contributed by atoms with Crippen molar-refractivity contribution in [3.8, 4) is 0 Å². The van der Waals surface area contributed by atoms with Crippen LogP contribution in [0, 0.1) is 6.92 Å². The van der Waals surface area contributed by atoms with Crippen LogP contribution in [0.25, 0.3) is 0 Å². The number of carbonyl (C=O) groups is 1. The van der Waals surface area contributed by atoms with Crippen molar-refractivity contribution < 1.29 is 9.21 Å². The van der Waals surface area contributed by atoms with Crippen molar-refractivity contribution >= 4 is 17.5 Å². The number of hydrogen-bond acceptors (Lipinski definition) is 2. The Hall–Kier alpha value is -1.74. The van der Waals surface area contributed by atoms with Gasteiger partial charge in [0.25, 0.3) is 5.91 Å². The molecule has 0 N–H and O–H groups in total. The molecule has 1 aromatic carbocycles. The van der Waals surface area contributed by atoms with Gasteiger partial charge in [-0.1, -0.05) is 24.3 Å². The van der Waals surface area contributed by atoms with Crippen LogP contribution in [0.4, 0.5) is 0 Å². The van der Waals surface area contributed by atoms with E-state index in [1.165, 1.54) is 6.26 Å². The molecule has 1 amide bonds. The van der Waals surface area contributed by atoms with Crippen LogP contribution in [0.2, 0.25) is 5.22 Å². The van der Waals surface area contributed by atoms with Gasteiger partial charge in [0.1, 0.15) is 0 Å². The molecule has 1 heterocycles. The van der Waals surface area contributed by atoms with E-state index in [0.29, 0.717) is 12.1 Å². The van der Waals surface area contributed by atoms with E-state index in [2.05, 4.69) is 0 Å². The van der Waals surface area contributed by atoms with Crippen LogP contribution in [-0.2, 0) is 6.54 Å². The van der Waals surface area contributed by atoms with Gasteiger partial charge in [0.2, 0.25) is 5.22 Å². The van der Waals surface area contributed by atoms with Crippen molar-refractivity contribution in [3.63, 3.8) is 0 Å². The fraction of sp³-hybridized carbons (Fsp3) is 0.214. The van der Waals surface area contributed by atoms with Gasteiger partial charge in [-0.2, -0.15) is 0 Å². The summed E-state index contributed by atoms with van der Waals surface area (Å²) in [5.41, 5.74) is 2.68. The minimum atomic E-state index is -0.142. The fourth-order valence-corrected chi connectivity index (χ4v) is 1.96. The maximum Gasteiger partial charge on any atom is 0.258 e. The lowest BCUT2D eigenvalue weighted by Crippen LogP contribution is -2.26. The van der Waals surface area contributed by atoms with Crippen molar-refractivity contribution in [1.29, 1.82) is 0 Å². The number of aryl methyl sites for hydroxylation is 1. The molecule has 0 atom stereocenters. The zero-order valence-electron chi connectivity index (χ0n) is 10.3. The van der Waals surface area contributed by atoms with Gasteiger partial charge >= 0.3 is 0 Å². The van der Waals surface area contributed by atoms with E-state index in [4.69, 9.17) is 16.0 Å². The Morgan fingerprint density at radius 3 is 2.67 bits per heavy atom. The summed E-state index contributed by atoms with van der Waals surface area (Å²) in [6.07, 6.45) is 1.41. The molecule has 0 saturated carbocycles. The van der Waals surface area contributed by atoms with Crippen molar-refractivity contribution in [3.05, 3.63) is 58.5 Å². The van der Waals surface area contributed by atoms with Gasteiger partial charge in [0.05, 0.1) is 11.8 Å². The highest BCUT2D eigenvalue weighted by molar-refractivity contribution is 6.32. The topological polar surface area (TPSA) is 33.5 Å². The van der Waals surface area contributed by atoms with Gasteiger partial charge in [0.15, 0.2) is 0 Å². The summed E-state index contributed by atoms with van der Waals surface area (Å²) in [5, 5.41) is 0.136. The molecule has 2 rings (SSSR count). The third-order valence-corrected chi connectivity index (χ3v) is 3.16. The zero-order chi connectivity index (χ0) is 13.1. The summed E-state index contributed by atoms with van der Waals surface area (Å²) < 4.78 is 4.93. The molecular formula is C14H14ClNO2. The number of rotatable bonds is 3. The molecule has 0 bridgehead atoms. The van der Waals surface area contributed by atoms with Crippen molar-refractivity contribution in [2.24, 2.45) is 0 Å².